The number of alkyl halides is 2. The molecular formula is C27H36F2N12O7S2. The first-order chi connectivity index (χ1) is 23.7. The van der Waals surface area contributed by atoms with Crippen molar-refractivity contribution < 1.29 is 33.7 Å². The number of nitrogens with zero attached hydrogens (tertiary/aromatic N) is 8. The molecule has 4 aromatic rings. The number of rotatable bonds is 8. The van der Waals surface area contributed by atoms with Gasteiger partial charge in [-0.25, -0.2) is 18.1 Å². The highest BCUT2D eigenvalue weighted by atomic mass is 32.2. The molecular weight excluding hydrogens is 707 g/mol. The maximum absolute atomic E-state index is 14.2. The number of H-pyrrole nitrogens is 2. The Morgan fingerprint density at radius 3 is 1.54 bits per heavy atom. The number of aromatic amines is 2. The van der Waals surface area contributed by atoms with Crippen molar-refractivity contribution in [2.75, 3.05) is 17.2 Å². The summed E-state index contributed by atoms with van der Waals surface area (Å²) in [6.07, 6.45) is -5.23. The normalized spacial score (nSPS) is 26.5. The van der Waals surface area contributed by atoms with Crippen molar-refractivity contribution in [3.8, 4) is 0 Å². The lowest BCUT2D eigenvalue weighted by atomic mass is 10.1. The van der Waals surface area contributed by atoms with Crippen LogP contribution in [-0.2, 0) is 9.59 Å². The van der Waals surface area contributed by atoms with E-state index in [0.29, 0.717) is 6.42 Å². The van der Waals surface area contributed by atoms with E-state index in [9.17, 15) is 43.3 Å². The summed E-state index contributed by atoms with van der Waals surface area (Å²) in [5.41, 5.74) is -1.24. The quantitative estimate of drug-likeness (QED) is 0.127. The molecule has 2 fully saturated rings. The van der Waals surface area contributed by atoms with Crippen molar-refractivity contribution in [1.29, 1.82) is 0 Å². The molecule has 2 saturated heterocycles. The van der Waals surface area contributed by atoms with E-state index in [4.69, 9.17) is 0 Å². The fourth-order valence-electron chi connectivity index (χ4n) is 4.96. The van der Waals surface area contributed by atoms with Crippen LogP contribution in [0.4, 0.5) is 20.7 Å². The molecule has 0 saturated carbocycles. The molecule has 4 aromatic heterocycles. The first-order valence-corrected chi connectivity index (χ1v) is 17.4. The van der Waals surface area contributed by atoms with Crippen LogP contribution >= 0.6 is 23.5 Å². The van der Waals surface area contributed by atoms with E-state index in [2.05, 4.69) is 51.2 Å². The first-order valence-electron chi connectivity index (χ1n) is 15.5. The van der Waals surface area contributed by atoms with Gasteiger partial charge in [0.05, 0.1) is 11.9 Å². The average Bonchev–Trinajstić information content (AvgIpc) is 3.82. The number of aliphatic hydroxyl groups is 3. The van der Waals surface area contributed by atoms with Crippen molar-refractivity contribution in [1.82, 2.24) is 49.9 Å². The number of anilines is 2. The lowest BCUT2D eigenvalue weighted by Crippen LogP contribution is -2.29. The van der Waals surface area contributed by atoms with E-state index >= 15 is 0 Å². The minimum Gasteiger partial charge on any atom is -0.395 e. The minimum absolute atomic E-state index is 0.00476. The van der Waals surface area contributed by atoms with E-state index in [-0.39, 0.29) is 63.1 Å². The van der Waals surface area contributed by atoms with E-state index < -0.39 is 58.3 Å². The molecule has 8 atom stereocenters. The Labute approximate surface area is 289 Å². The molecule has 6 rings (SSSR count). The molecule has 0 aromatic carbocycles. The van der Waals surface area contributed by atoms with Crippen LogP contribution in [0, 0.1) is 11.8 Å². The number of fused-ring (bicyclic) bond motifs is 2. The van der Waals surface area contributed by atoms with Gasteiger partial charge in [0, 0.05) is 17.1 Å². The monoisotopic (exact) mass is 742 g/mol. The van der Waals surface area contributed by atoms with Crippen LogP contribution in [0.15, 0.2) is 9.59 Å². The second-order valence-electron chi connectivity index (χ2n) is 12.1. The van der Waals surface area contributed by atoms with Gasteiger partial charge in [-0.2, -0.15) is 9.97 Å². The third-order valence-electron chi connectivity index (χ3n) is 7.84. The lowest BCUT2D eigenvalue weighted by Gasteiger charge is -2.14. The van der Waals surface area contributed by atoms with Crippen LogP contribution in [0.1, 0.15) is 51.8 Å². The highest BCUT2D eigenvalue weighted by Crippen LogP contribution is 2.45. The fraction of sp³-hybridized carbons (Fsp3) is 0.630. The molecule has 7 N–H and O–H groups in total. The van der Waals surface area contributed by atoms with E-state index in [0.717, 1.165) is 16.4 Å². The summed E-state index contributed by atoms with van der Waals surface area (Å²) in [5.74, 6) is -1.41. The third-order valence-corrected chi connectivity index (χ3v) is 11.1. The molecule has 6 heterocycles. The molecule has 2 aliphatic rings. The van der Waals surface area contributed by atoms with Crippen molar-refractivity contribution >= 4 is 69.6 Å². The Bertz CT molecular complexity index is 1850. The number of halogens is 2. The standard InChI is InChI=1S/C14H19FN6O3S.C13H17FN6O4S/c1-4-6-7(15)9(22)13(25-6)21-10-8(19-20-21)12(24)18-14(16-10)17-11(23)5(2)3;1-4(2)10(23)16-13-15-9-7(11(24)17-13)18-19-20(9)12-8(22)6(14)5(3-21)25-12/h5-7,9,13,22H,4H2,1-3H3,(H2,16,17,18,23,24);4-6,8,12,21-22H,3H2,1-2H3,(H2,15,16,17,23,24)/t6-,7?,9+,13-;5-,6?,8+,12-/m11/s1. The molecule has 2 unspecified atom stereocenters. The second-order valence-corrected chi connectivity index (χ2v) is 14.8. The molecule has 2 amide bonds. The van der Waals surface area contributed by atoms with Crippen LogP contribution in [0.3, 0.4) is 0 Å². The van der Waals surface area contributed by atoms with Crippen LogP contribution in [-0.4, -0.2) is 119 Å². The number of thioether (sulfide) groups is 2. The number of aromatic nitrogens is 10. The number of carbonyl (C=O) groups is 2. The maximum Gasteiger partial charge on any atom is 0.282 e. The highest BCUT2D eigenvalue weighted by Gasteiger charge is 2.46. The second kappa shape index (κ2) is 15.0. The van der Waals surface area contributed by atoms with Gasteiger partial charge < -0.3 is 15.3 Å². The smallest absolute Gasteiger partial charge is 0.282 e. The van der Waals surface area contributed by atoms with Crippen molar-refractivity contribution in [2.24, 2.45) is 11.8 Å². The Kier molecular flexibility index (Phi) is 11.2. The number of carbonyl (C=O) groups excluding carboxylic acids is 2. The first kappa shape index (κ1) is 37.2. The van der Waals surface area contributed by atoms with Gasteiger partial charge in [-0.1, -0.05) is 45.0 Å². The minimum atomic E-state index is -1.65. The Balaban J connectivity index is 0.000000194. The van der Waals surface area contributed by atoms with Gasteiger partial charge in [0.2, 0.25) is 23.7 Å². The summed E-state index contributed by atoms with van der Waals surface area (Å²) in [4.78, 5) is 60.9. The Morgan fingerprint density at radius 2 is 1.20 bits per heavy atom. The number of aliphatic hydroxyl groups excluding tert-OH is 3. The van der Waals surface area contributed by atoms with Crippen LogP contribution in [0.2, 0.25) is 0 Å². The van der Waals surface area contributed by atoms with Crippen molar-refractivity contribution in [3.63, 3.8) is 0 Å². The molecule has 23 heteroatoms. The van der Waals surface area contributed by atoms with Gasteiger partial charge in [0.1, 0.15) is 35.3 Å². The molecule has 0 aliphatic carbocycles. The van der Waals surface area contributed by atoms with Gasteiger partial charge in [-0.15, -0.1) is 33.7 Å². The molecule has 272 valence electrons. The summed E-state index contributed by atoms with van der Waals surface area (Å²) in [7, 11) is 0. The van der Waals surface area contributed by atoms with E-state index in [1.54, 1.807) is 27.7 Å². The van der Waals surface area contributed by atoms with Gasteiger partial charge in [-0.05, 0) is 6.42 Å². The molecule has 0 bridgehead atoms. The van der Waals surface area contributed by atoms with Crippen molar-refractivity contribution in [3.05, 3.63) is 20.7 Å². The predicted molar refractivity (Wildman–Crippen MR) is 179 cm³/mol. The summed E-state index contributed by atoms with van der Waals surface area (Å²) in [5, 5.41) is 46.7. The van der Waals surface area contributed by atoms with Gasteiger partial charge in [0.15, 0.2) is 22.3 Å². The van der Waals surface area contributed by atoms with Gasteiger partial charge >= 0.3 is 0 Å². The summed E-state index contributed by atoms with van der Waals surface area (Å²) >= 11 is 2.20. The van der Waals surface area contributed by atoms with Crippen LogP contribution in [0.5, 0.6) is 0 Å². The summed E-state index contributed by atoms with van der Waals surface area (Å²) < 4.78 is 30.5. The average molecular weight is 743 g/mol. The number of hydrogen-bond acceptors (Lipinski definition) is 15. The summed E-state index contributed by atoms with van der Waals surface area (Å²) in [6.45, 7) is 8.15. The Hall–Kier alpha value is -4.06. The van der Waals surface area contributed by atoms with Crippen LogP contribution in [0.25, 0.3) is 22.3 Å². The zero-order chi connectivity index (χ0) is 36.6. The fourth-order valence-corrected chi connectivity index (χ4v) is 7.71. The number of amides is 2. The van der Waals surface area contributed by atoms with E-state index in [1.165, 1.54) is 16.4 Å². The summed E-state index contributed by atoms with van der Waals surface area (Å²) in [6, 6.07) is 0. The zero-order valence-corrected chi connectivity index (χ0v) is 28.9. The van der Waals surface area contributed by atoms with Crippen LogP contribution < -0.4 is 21.8 Å². The molecule has 19 nitrogen and oxygen atoms in total. The third kappa shape index (κ3) is 7.22. The molecule has 2 aliphatic heterocycles. The molecule has 50 heavy (non-hydrogen) atoms. The van der Waals surface area contributed by atoms with Crippen molar-refractivity contribution in [2.45, 2.75) is 86.8 Å². The highest BCUT2D eigenvalue weighted by molar-refractivity contribution is 8.00. The zero-order valence-electron chi connectivity index (χ0n) is 27.3. The number of nitrogens with one attached hydrogen (secondary N) is 4. The van der Waals surface area contributed by atoms with E-state index in [1.807, 2.05) is 6.92 Å². The Morgan fingerprint density at radius 1 is 0.800 bits per heavy atom. The van der Waals surface area contributed by atoms with Gasteiger partial charge in [-0.3, -0.25) is 39.8 Å². The topological polar surface area (TPSA) is 272 Å². The molecule has 0 radical (unpaired) electrons. The lowest BCUT2D eigenvalue weighted by molar-refractivity contribution is -0.119. The number of hydrogen-bond donors (Lipinski definition) is 7. The largest absolute Gasteiger partial charge is 0.395 e. The van der Waals surface area contributed by atoms with Gasteiger partial charge in [0.25, 0.3) is 11.1 Å². The maximum atomic E-state index is 14.2. The molecule has 0 spiro atoms. The predicted octanol–water partition coefficient (Wildman–Crippen LogP) is 0.247. The SMILES string of the molecule is CC(C)C(=O)Nc1nc2c(nnn2[C@@H]2S[C@H](CO)C(F)[C@@H]2O)c(=O)[nH]1.CC[C@H]1S[C@@H](n2nnc3c(=O)[nH]c(NC(=O)C(C)C)nc32)[C@@H](O)C1F.